The summed E-state index contributed by atoms with van der Waals surface area (Å²) in [6.07, 6.45) is 1.80. The summed E-state index contributed by atoms with van der Waals surface area (Å²) >= 11 is 0. The van der Waals surface area contributed by atoms with E-state index in [1.807, 2.05) is 24.3 Å². The summed E-state index contributed by atoms with van der Waals surface area (Å²) < 4.78 is 55.3. The highest BCUT2D eigenvalue weighted by atomic mass is 32.2. The van der Waals surface area contributed by atoms with E-state index in [4.69, 9.17) is 0 Å². The van der Waals surface area contributed by atoms with Crippen molar-refractivity contribution in [1.82, 2.24) is 0 Å². The summed E-state index contributed by atoms with van der Waals surface area (Å²) in [5, 5.41) is 0. The molecule has 0 heterocycles. The van der Waals surface area contributed by atoms with Crippen LogP contribution in [0.1, 0.15) is 27.8 Å². The third kappa shape index (κ3) is 4.05. The molecule has 0 aromatic heterocycles. The zero-order valence-electron chi connectivity index (χ0n) is 17.8. The lowest BCUT2D eigenvalue weighted by Crippen LogP contribution is -2.19. The number of hydrogen-bond donors (Lipinski definition) is 2. The van der Waals surface area contributed by atoms with Crippen LogP contribution in [0.5, 0.6) is 0 Å². The van der Waals surface area contributed by atoms with Gasteiger partial charge in [-0.25, -0.2) is 16.8 Å². The van der Waals surface area contributed by atoms with E-state index in [1.165, 1.54) is 11.1 Å². The van der Waals surface area contributed by atoms with Crippen LogP contribution in [0.25, 0.3) is 11.1 Å². The molecular weight excluding hydrogens is 432 g/mol. The Morgan fingerprint density at radius 1 is 0.774 bits per heavy atom. The van der Waals surface area contributed by atoms with Gasteiger partial charge in [-0.05, 0) is 78.3 Å². The van der Waals surface area contributed by atoms with Gasteiger partial charge in [0.05, 0.1) is 16.8 Å². The summed E-state index contributed by atoms with van der Waals surface area (Å²) in [5.41, 5.74) is 6.92. The number of rotatable bonds is 5. The molecule has 0 bridgehead atoms. The van der Waals surface area contributed by atoms with Gasteiger partial charge in [0.15, 0.2) is 0 Å². The average molecular weight is 457 g/mol. The highest BCUT2D eigenvalue weighted by Gasteiger charge is 2.25. The molecule has 0 saturated carbocycles. The number of aryl methyl sites for hydroxylation is 2. The number of sulfonamides is 2. The number of hydrogen-bond acceptors (Lipinski definition) is 4. The normalized spacial score (nSPS) is 12.9. The molecule has 162 valence electrons. The Labute approximate surface area is 183 Å². The fourth-order valence-electron chi connectivity index (χ4n) is 4.34. The van der Waals surface area contributed by atoms with Crippen LogP contribution in [0.15, 0.2) is 53.4 Å². The maximum absolute atomic E-state index is 13.3. The van der Waals surface area contributed by atoms with Crippen LogP contribution in [0.4, 0.5) is 11.4 Å². The Morgan fingerprint density at radius 3 is 2.16 bits per heavy atom. The lowest BCUT2D eigenvalue weighted by atomic mass is 10.1. The van der Waals surface area contributed by atoms with Gasteiger partial charge in [-0.3, -0.25) is 9.44 Å². The molecule has 3 aromatic rings. The maximum Gasteiger partial charge on any atom is 0.262 e. The van der Waals surface area contributed by atoms with Crippen molar-refractivity contribution in [2.24, 2.45) is 0 Å². The quantitative estimate of drug-likeness (QED) is 0.467. The second kappa shape index (κ2) is 7.39. The molecule has 0 atom stereocenters. The van der Waals surface area contributed by atoms with Crippen LogP contribution >= 0.6 is 0 Å². The van der Waals surface area contributed by atoms with Gasteiger partial charge in [0.25, 0.3) is 10.0 Å². The van der Waals surface area contributed by atoms with E-state index in [0.29, 0.717) is 22.4 Å². The van der Waals surface area contributed by atoms with Crippen molar-refractivity contribution < 1.29 is 16.8 Å². The second-order valence-corrected chi connectivity index (χ2v) is 11.4. The molecule has 0 unspecified atom stereocenters. The molecule has 4 rings (SSSR count). The first kappa shape index (κ1) is 21.4. The van der Waals surface area contributed by atoms with E-state index < -0.39 is 20.0 Å². The molecule has 1 aliphatic rings. The van der Waals surface area contributed by atoms with Crippen molar-refractivity contribution in [3.05, 3.63) is 76.3 Å². The SMILES string of the molecule is Cc1cc(C)c(S(=O)(=O)Nc2ccc3c(c2)Cc2ccccc2-3)c(C)c1NS(C)(=O)=O. The number of anilines is 2. The Balaban J connectivity index is 1.72. The predicted octanol–water partition coefficient (Wildman–Crippen LogP) is 4.36. The van der Waals surface area contributed by atoms with Crippen molar-refractivity contribution in [3.63, 3.8) is 0 Å². The van der Waals surface area contributed by atoms with Gasteiger partial charge in [0.2, 0.25) is 10.0 Å². The zero-order chi connectivity index (χ0) is 22.6. The van der Waals surface area contributed by atoms with Gasteiger partial charge in [0.1, 0.15) is 0 Å². The van der Waals surface area contributed by atoms with Gasteiger partial charge in [-0.1, -0.05) is 36.4 Å². The van der Waals surface area contributed by atoms with Crippen LogP contribution in [-0.4, -0.2) is 23.1 Å². The molecule has 0 radical (unpaired) electrons. The fourth-order valence-corrected chi connectivity index (χ4v) is 6.55. The lowest BCUT2D eigenvalue weighted by molar-refractivity contribution is 0.599. The standard InChI is InChI=1S/C23H24N2O4S2/c1-14-11-15(2)23(16(3)22(14)25-30(4,26)27)31(28,29)24-19-9-10-21-18(13-19)12-17-7-5-6-8-20(17)21/h5-11,13,24-25H,12H2,1-4H3. The molecule has 0 saturated heterocycles. The summed E-state index contributed by atoms with van der Waals surface area (Å²) in [6, 6.07) is 15.4. The van der Waals surface area contributed by atoms with Crippen LogP contribution in [0.3, 0.4) is 0 Å². The Bertz CT molecular complexity index is 1430. The topological polar surface area (TPSA) is 92.3 Å². The molecule has 0 amide bonds. The van der Waals surface area contributed by atoms with E-state index in [9.17, 15) is 16.8 Å². The molecule has 8 heteroatoms. The summed E-state index contributed by atoms with van der Waals surface area (Å²) in [7, 11) is -7.49. The Kier molecular flexibility index (Phi) is 5.10. The molecule has 31 heavy (non-hydrogen) atoms. The molecule has 1 aliphatic carbocycles. The minimum atomic E-state index is -3.94. The summed E-state index contributed by atoms with van der Waals surface area (Å²) in [6.45, 7) is 5.06. The third-order valence-corrected chi connectivity index (χ3v) is 7.75. The lowest BCUT2D eigenvalue weighted by Gasteiger charge is -2.19. The van der Waals surface area contributed by atoms with E-state index >= 15 is 0 Å². The minimum absolute atomic E-state index is 0.0769. The molecule has 3 aromatic carbocycles. The molecule has 6 nitrogen and oxygen atoms in total. The van der Waals surface area contributed by atoms with Crippen molar-refractivity contribution in [2.75, 3.05) is 15.7 Å². The van der Waals surface area contributed by atoms with E-state index in [-0.39, 0.29) is 10.6 Å². The second-order valence-electron chi connectivity index (χ2n) is 8.03. The highest BCUT2D eigenvalue weighted by Crippen LogP contribution is 2.38. The number of fused-ring (bicyclic) bond motifs is 3. The van der Waals surface area contributed by atoms with Gasteiger partial charge >= 0.3 is 0 Å². The van der Waals surface area contributed by atoms with Gasteiger partial charge in [0, 0.05) is 5.69 Å². The molecule has 2 N–H and O–H groups in total. The zero-order valence-corrected chi connectivity index (χ0v) is 19.4. The first-order chi connectivity index (χ1) is 14.5. The first-order valence-electron chi connectivity index (χ1n) is 9.79. The third-order valence-electron chi connectivity index (χ3n) is 5.50. The monoisotopic (exact) mass is 456 g/mol. The fraction of sp³-hybridized carbons (Fsp3) is 0.217. The van der Waals surface area contributed by atoms with E-state index in [1.54, 1.807) is 32.9 Å². The van der Waals surface area contributed by atoms with E-state index in [2.05, 4.69) is 21.6 Å². The van der Waals surface area contributed by atoms with Crippen molar-refractivity contribution in [1.29, 1.82) is 0 Å². The Morgan fingerprint density at radius 2 is 1.45 bits per heavy atom. The summed E-state index contributed by atoms with van der Waals surface area (Å²) in [4.78, 5) is 0.0769. The van der Waals surface area contributed by atoms with Gasteiger partial charge in [-0.15, -0.1) is 0 Å². The molecule has 0 aliphatic heterocycles. The minimum Gasteiger partial charge on any atom is -0.283 e. The maximum atomic E-state index is 13.3. The van der Waals surface area contributed by atoms with Crippen molar-refractivity contribution in [2.45, 2.75) is 32.1 Å². The van der Waals surface area contributed by atoms with Crippen LogP contribution < -0.4 is 9.44 Å². The van der Waals surface area contributed by atoms with Crippen molar-refractivity contribution >= 4 is 31.4 Å². The summed E-state index contributed by atoms with van der Waals surface area (Å²) in [5.74, 6) is 0. The van der Waals surface area contributed by atoms with Gasteiger partial charge in [-0.2, -0.15) is 0 Å². The highest BCUT2D eigenvalue weighted by molar-refractivity contribution is 7.93. The number of benzene rings is 3. The molecular formula is C23H24N2O4S2. The van der Waals surface area contributed by atoms with E-state index in [0.717, 1.165) is 23.8 Å². The smallest absolute Gasteiger partial charge is 0.262 e. The van der Waals surface area contributed by atoms with Crippen molar-refractivity contribution in [3.8, 4) is 11.1 Å². The van der Waals surface area contributed by atoms with Crippen LogP contribution in [-0.2, 0) is 26.5 Å². The first-order valence-corrected chi connectivity index (χ1v) is 13.2. The van der Waals surface area contributed by atoms with Crippen LogP contribution in [0, 0.1) is 20.8 Å². The Hall–Kier alpha value is -2.84. The van der Waals surface area contributed by atoms with Gasteiger partial charge < -0.3 is 0 Å². The number of nitrogens with one attached hydrogen (secondary N) is 2. The van der Waals surface area contributed by atoms with Crippen LogP contribution in [0.2, 0.25) is 0 Å². The average Bonchev–Trinajstić information content (AvgIpc) is 3.01. The predicted molar refractivity (Wildman–Crippen MR) is 125 cm³/mol. The largest absolute Gasteiger partial charge is 0.283 e. The molecule has 0 fully saturated rings. The molecule has 0 spiro atoms.